The molecule has 2 aliphatic heterocycles. The van der Waals surface area contributed by atoms with Crippen LogP contribution in [-0.4, -0.2) is 105 Å². The monoisotopic (exact) mass is 603 g/mol. The number of nitrogens with one attached hydrogen (secondary N) is 1. The molecule has 10 N–H and O–H groups in total. The van der Waals surface area contributed by atoms with Crippen molar-refractivity contribution in [2.24, 2.45) is 34.6 Å². The number of amides is 2. The van der Waals surface area contributed by atoms with E-state index in [1.807, 2.05) is 19.9 Å². The van der Waals surface area contributed by atoms with E-state index in [4.69, 9.17) is 25.7 Å². The summed E-state index contributed by atoms with van der Waals surface area (Å²) in [5.74, 6) is -4.49. The van der Waals surface area contributed by atoms with E-state index >= 15 is 0 Å². The highest BCUT2D eigenvalue weighted by Gasteiger charge is 2.51. The Hall–Kier alpha value is -1.68. The van der Waals surface area contributed by atoms with E-state index in [-0.39, 0.29) is 37.6 Å². The number of carbonyl (C=O) groups is 2. The molecule has 0 aromatic rings. The maximum Gasteiger partial charge on any atom is 0.228 e. The van der Waals surface area contributed by atoms with E-state index in [1.54, 1.807) is 40.7 Å². The molecule has 2 aliphatic rings. The molecule has 5 unspecified atom stereocenters. The van der Waals surface area contributed by atoms with Crippen molar-refractivity contribution in [3.05, 3.63) is 12.2 Å². The highest BCUT2D eigenvalue weighted by Crippen LogP contribution is 2.38. The van der Waals surface area contributed by atoms with Gasteiger partial charge in [0, 0.05) is 25.8 Å². The SMILES string of the molecule is CC(C)/C=C/[C@@H](C[C@@H]1O[C@](O)(C[C@@H](O)C(C)C)C[C@H](O)[C@H]1C(=O)NCC(C)(C)C(N)=O)OC1OC(C)C(O)C(N)C1O. The van der Waals surface area contributed by atoms with Crippen LogP contribution in [-0.2, 0) is 23.8 Å². The molecule has 2 amide bonds. The molecule has 244 valence electrons. The van der Waals surface area contributed by atoms with E-state index in [1.165, 1.54) is 0 Å². The Kier molecular flexibility index (Phi) is 12.9. The molecule has 0 spiro atoms. The Balaban J connectivity index is 2.40. The van der Waals surface area contributed by atoms with Gasteiger partial charge in [-0.1, -0.05) is 39.8 Å². The summed E-state index contributed by atoms with van der Waals surface area (Å²) in [4.78, 5) is 25.2. The first-order valence-electron chi connectivity index (χ1n) is 14.7. The van der Waals surface area contributed by atoms with E-state index in [2.05, 4.69) is 5.32 Å². The molecule has 42 heavy (non-hydrogen) atoms. The van der Waals surface area contributed by atoms with Gasteiger partial charge in [0.05, 0.1) is 54.0 Å². The Morgan fingerprint density at radius 3 is 2.31 bits per heavy atom. The van der Waals surface area contributed by atoms with Crippen molar-refractivity contribution in [2.45, 2.75) is 129 Å². The molecule has 0 radical (unpaired) electrons. The number of hydrogen-bond donors (Lipinski definition) is 8. The quantitative estimate of drug-likeness (QED) is 0.122. The topological polar surface area (TPSA) is 227 Å². The minimum Gasteiger partial charge on any atom is -0.393 e. The number of aliphatic hydroxyl groups excluding tert-OH is 4. The van der Waals surface area contributed by atoms with Crippen LogP contribution in [0.1, 0.15) is 67.7 Å². The number of allylic oxidation sites excluding steroid dienone is 1. The molecule has 0 aliphatic carbocycles. The van der Waals surface area contributed by atoms with Crippen molar-refractivity contribution in [3.8, 4) is 0 Å². The van der Waals surface area contributed by atoms with Crippen molar-refractivity contribution in [1.29, 1.82) is 0 Å². The Labute approximate surface area is 248 Å². The van der Waals surface area contributed by atoms with E-state index in [0.717, 1.165) is 0 Å². The second-order valence-corrected chi connectivity index (χ2v) is 13.2. The lowest BCUT2D eigenvalue weighted by Crippen LogP contribution is -2.62. The van der Waals surface area contributed by atoms with E-state index in [0.29, 0.717) is 0 Å². The van der Waals surface area contributed by atoms with Gasteiger partial charge in [-0.15, -0.1) is 0 Å². The average molecular weight is 604 g/mol. The van der Waals surface area contributed by atoms with Crippen LogP contribution in [0.5, 0.6) is 0 Å². The third-order valence-corrected chi connectivity index (χ3v) is 8.07. The van der Waals surface area contributed by atoms with E-state index < -0.39 is 84.0 Å². The van der Waals surface area contributed by atoms with Crippen molar-refractivity contribution < 1.29 is 49.3 Å². The van der Waals surface area contributed by atoms with Crippen molar-refractivity contribution in [2.75, 3.05) is 6.54 Å². The van der Waals surface area contributed by atoms with Crippen LogP contribution in [0.4, 0.5) is 0 Å². The first kappa shape index (κ1) is 36.5. The molecule has 2 heterocycles. The number of rotatable bonds is 13. The lowest BCUT2D eigenvalue weighted by atomic mass is 9.81. The maximum atomic E-state index is 13.4. The zero-order chi connectivity index (χ0) is 32.2. The molecule has 13 heteroatoms. The van der Waals surface area contributed by atoms with Crippen molar-refractivity contribution in [1.82, 2.24) is 5.32 Å². The van der Waals surface area contributed by atoms with Gasteiger partial charge in [-0.3, -0.25) is 9.59 Å². The van der Waals surface area contributed by atoms with Gasteiger partial charge in [0.2, 0.25) is 11.8 Å². The molecule has 0 aromatic carbocycles. The van der Waals surface area contributed by atoms with Gasteiger partial charge in [-0.2, -0.15) is 0 Å². The first-order chi connectivity index (χ1) is 19.3. The summed E-state index contributed by atoms with van der Waals surface area (Å²) in [6.07, 6.45) is -5.80. The molecule has 2 fully saturated rings. The smallest absolute Gasteiger partial charge is 0.228 e. The summed E-state index contributed by atoms with van der Waals surface area (Å²) < 4.78 is 17.9. The first-order valence-corrected chi connectivity index (χ1v) is 14.7. The molecule has 0 aromatic heterocycles. The minimum atomic E-state index is -1.95. The predicted octanol–water partition coefficient (Wildman–Crippen LogP) is -0.743. The third kappa shape index (κ3) is 9.66. The normalized spacial score (nSPS) is 35.9. The van der Waals surface area contributed by atoms with Crippen LogP contribution < -0.4 is 16.8 Å². The summed E-state index contributed by atoms with van der Waals surface area (Å²) >= 11 is 0. The molecular formula is C29H53N3O10. The lowest BCUT2D eigenvalue weighted by Gasteiger charge is -2.46. The summed E-state index contributed by atoms with van der Waals surface area (Å²) in [7, 11) is 0. The Morgan fingerprint density at radius 1 is 1.14 bits per heavy atom. The van der Waals surface area contributed by atoms with Crippen LogP contribution >= 0.6 is 0 Å². The van der Waals surface area contributed by atoms with Gasteiger partial charge in [-0.25, -0.2) is 0 Å². The zero-order valence-electron chi connectivity index (χ0n) is 25.8. The average Bonchev–Trinajstić information content (AvgIpc) is 2.87. The minimum absolute atomic E-state index is 0.0730. The van der Waals surface area contributed by atoms with Gasteiger partial charge >= 0.3 is 0 Å². The second-order valence-electron chi connectivity index (χ2n) is 13.2. The Bertz CT molecular complexity index is 931. The lowest BCUT2D eigenvalue weighted by molar-refractivity contribution is -0.307. The largest absolute Gasteiger partial charge is 0.393 e. The molecule has 13 nitrogen and oxygen atoms in total. The predicted molar refractivity (Wildman–Crippen MR) is 153 cm³/mol. The van der Waals surface area contributed by atoms with Gasteiger partial charge in [0.1, 0.15) is 6.10 Å². The molecule has 11 atom stereocenters. The number of aliphatic hydroxyl groups is 5. The number of ether oxygens (including phenoxy) is 3. The number of primary amides is 1. The fourth-order valence-electron chi connectivity index (χ4n) is 4.96. The summed E-state index contributed by atoms with van der Waals surface area (Å²) in [6, 6.07) is -1.03. The third-order valence-electron chi connectivity index (χ3n) is 8.07. The van der Waals surface area contributed by atoms with Crippen LogP contribution in [0, 0.1) is 23.2 Å². The zero-order valence-corrected chi connectivity index (χ0v) is 25.8. The van der Waals surface area contributed by atoms with Gasteiger partial charge in [0.15, 0.2) is 12.1 Å². The molecular weight excluding hydrogens is 550 g/mol. The fourth-order valence-corrected chi connectivity index (χ4v) is 4.96. The van der Waals surface area contributed by atoms with Gasteiger partial charge in [0.25, 0.3) is 0 Å². The van der Waals surface area contributed by atoms with Crippen molar-refractivity contribution >= 4 is 11.8 Å². The summed E-state index contributed by atoms with van der Waals surface area (Å²) in [5.41, 5.74) is 10.4. The molecule has 2 rings (SSSR count). The number of hydrogen-bond acceptors (Lipinski definition) is 11. The van der Waals surface area contributed by atoms with Crippen LogP contribution in [0.15, 0.2) is 12.2 Å². The van der Waals surface area contributed by atoms with Gasteiger partial charge < -0.3 is 56.5 Å². The summed E-state index contributed by atoms with van der Waals surface area (Å²) in [5, 5.41) is 56.6. The van der Waals surface area contributed by atoms with Crippen LogP contribution in [0.3, 0.4) is 0 Å². The number of nitrogens with two attached hydrogens (primary N) is 2. The summed E-state index contributed by atoms with van der Waals surface area (Å²) in [6.45, 7) is 12.1. The molecule has 0 saturated carbocycles. The maximum absolute atomic E-state index is 13.4. The highest BCUT2D eigenvalue weighted by atomic mass is 16.7. The van der Waals surface area contributed by atoms with Gasteiger partial charge in [-0.05, 0) is 32.6 Å². The van der Waals surface area contributed by atoms with Crippen LogP contribution in [0.2, 0.25) is 0 Å². The second kappa shape index (κ2) is 14.9. The highest BCUT2D eigenvalue weighted by molar-refractivity contribution is 5.83. The fraction of sp³-hybridized carbons (Fsp3) is 0.862. The van der Waals surface area contributed by atoms with E-state index in [9.17, 15) is 35.1 Å². The van der Waals surface area contributed by atoms with Crippen LogP contribution in [0.25, 0.3) is 0 Å². The Morgan fingerprint density at radius 2 is 1.76 bits per heavy atom. The van der Waals surface area contributed by atoms with Crippen molar-refractivity contribution in [3.63, 3.8) is 0 Å². The number of carbonyl (C=O) groups excluding carboxylic acids is 2. The molecule has 2 saturated heterocycles. The molecule has 0 bridgehead atoms. The standard InChI is InChI=1S/C29H53N3O10/c1-14(2)8-9-17(41-26-24(36)22(30)23(35)16(5)40-26)10-20-21(25(37)32-13-28(6,7)27(31)38)19(34)12-29(39,42-20)11-18(33)15(3)4/h8-9,14-24,26,33-36,39H,10-13,30H2,1-7H3,(H2,31,38)(H,32,37)/b9-8+/t16?,17-,18+,19-,20-,21+,22?,23?,24?,26?,29+/m0/s1.